The normalized spacial score (nSPS) is 19.3. The van der Waals surface area contributed by atoms with Crippen LogP contribution in [0.3, 0.4) is 0 Å². The Balaban J connectivity index is 1.78. The lowest BCUT2D eigenvalue weighted by molar-refractivity contribution is -0.139. The molecule has 1 fully saturated rings. The summed E-state index contributed by atoms with van der Waals surface area (Å²) in [5.41, 5.74) is 1.21. The van der Waals surface area contributed by atoms with Crippen molar-refractivity contribution in [3.63, 3.8) is 0 Å². The molecule has 2 heterocycles. The molecule has 2 aromatic rings. The number of nitrogens with zero attached hydrogens (tertiary/aromatic N) is 1. The molecule has 2 aromatic carbocycles. The monoisotopic (exact) mass is 451 g/mol. The highest BCUT2D eigenvalue weighted by Gasteiger charge is 2.45. The predicted octanol–water partition coefficient (Wildman–Crippen LogP) is 4.47. The number of ether oxygens (including phenoxy) is 3. The first-order valence-electron chi connectivity index (χ1n) is 11.4. The fraction of sp³-hybridized carbons (Fsp3) is 0.385. The fourth-order valence-corrected chi connectivity index (χ4v) is 4.13. The lowest BCUT2D eigenvalue weighted by Gasteiger charge is -2.25. The van der Waals surface area contributed by atoms with Gasteiger partial charge in [0.05, 0.1) is 17.7 Å². The zero-order chi connectivity index (χ0) is 23.5. The van der Waals surface area contributed by atoms with Gasteiger partial charge in [0.15, 0.2) is 11.5 Å². The van der Waals surface area contributed by atoms with Crippen molar-refractivity contribution in [2.24, 2.45) is 0 Å². The van der Waals surface area contributed by atoms with E-state index in [-0.39, 0.29) is 17.4 Å². The standard InChI is InChI=1S/C26H29NO6/c1-4-5-12-27-23(17-6-9-19(10-7-17)33-16(2)3)22(25(29)26(27)30)24(28)18-8-11-20-21(15-18)32-14-13-31-20/h6-11,15-16,23,28H,4-5,12-14H2,1-3H3/b24-22-. The van der Waals surface area contributed by atoms with Crippen LogP contribution in [0.15, 0.2) is 48.0 Å². The van der Waals surface area contributed by atoms with Crippen LogP contribution in [0.5, 0.6) is 17.2 Å². The van der Waals surface area contributed by atoms with Gasteiger partial charge in [0, 0.05) is 12.1 Å². The van der Waals surface area contributed by atoms with Crippen molar-refractivity contribution in [1.29, 1.82) is 0 Å². The predicted molar refractivity (Wildman–Crippen MR) is 124 cm³/mol. The van der Waals surface area contributed by atoms with Crippen molar-refractivity contribution in [2.45, 2.75) is 45.8 Å². The van der Waals surface area contributed by atoms with Crippen molar-refractivity contribution in [3.05, 3.63) is 59.2 Å². The number of Topliss-reactive ketones (excluding diaryl/α,β-unsaturated/α-hetero) is 1. The Labute approximate surface area is 193 Å². The molecular weight excluding hydrogens is 422 g/mol. The smallest absolute Gasteiger partial charge is 0.295 e. The Morgan fingerprint density at radius 3 is 2.45 bits per heavy atom. The summed E-state index contributed by atoms with van der Waals surface area (Å²) in [5, 5.41) is 11.2. The highest BCUT2D eigenvalue weighted by Crippen LogP contribution is 2.41. The van der Waals surface area contributed by atoms with Crippen LogP contribution in [0.4, 0.5) is 0 Å². The van der Waals surface area contributed by atoms with Crippen LogP contribution in [0.25, 0.3) is 5.76 Å². The molecular formula is C26H29NO6. The molecule has 1 N–H and O–H groups in total. The van der Waals surface area contributed by atoms with Crippen molar-refractivity contribution in [1.82, 2.24) is 4.90 Å². The van der Waals surface area contributed by atoms with Gasteiger partial charge in [-0.1, -0.05) is 25.5 Å². The fourth-order valence-electron chi connectivity index (χ4n) is 4.13. The van der Waals surface area contributed by atoms with E-state index in [1.165, 1.54) is 0 Å². The number of ketones is 1. The number of benzene rings is 2. The third kappa shape index (κ3) is 4.53. The quantitative estimate of drug-likeness (QED) is 0.380. The number of aliphatic hydroxyl groups is 1. The molecule has 0 aromatic heterocycles. The molecule has 1 amide bonds. The minimum absolute atomic E-state index is 0.0289. The minimum Gasteiger partial charge on any atom is -0.507 e. The summed E-state index contributed by atoms with van der Waals surface area (Å²) >= 11 is 0. The number of carbonyl (C=O) groups is 2. The van der Waals surface area contributed by atoms with E-state index < -0.39 is 17.7 Å². The minimum atomic E-state index is -0.689. The zero-order valence-corrected chi connectivity index (χ0v) is 19.2. The molecule has 0 bridgehead atoms. The van der Waals surface area contributed by atoms with Crippen LogP contribution < -0.4 is 14.2 Å². The first kappa shape index (κ1) is 22.7. The van der Waals surface area contributed by atoms with Crippen LogP contribution in [-0.2, 0) is 9.59 Å². The molecule has 2 aliphatic heterocycles. The van der Waals surface area contributed by atoms with Gasteiger partial charge >= 0.3 is 0 Å². The molecule has 1 saturated heterocycles. The Hall–Kier alpha value is -3.48. The number of rotatable bonds is 7. The molecule has 7 heteroatoms. The van der Waals surface area contributed by atoms with E-state index >= 15 is 0 Å². The molecule has 2 aliphatic rings. The van der Waals surface area contributed by atoms with Gasteiger partial charge in [-0.05, 0) is 56.2 Å². The summed E-state index contributed by atoms with van der Waals surface area (Å²) in [4.78, 5) is 27.6. The molecule has 0 aliphatic carbocycles. The second kappa shape index (κ2) is 9.57. The molecule has 0 spiro atoms. The van der Waals surface area contributed by atoms with E-state index in [2.05, 4.69) is 0 Å². The van der Waals surface area contributed by atoms with Crippen LogP contribution in [-0.4, -0.2) is 47.6 Å². The maximum absolute atomic E-state index is 13.1. The Morgan fingerprint density at radius 1 is 1.09 bits per heavy atom. The third-order valence-corrected chi connectivity index (χ3v) is 5.68. The van der Waals surface area contributed by atoms with E-state index in [4.69, 9.17) is 14.2 Å². The van der Waals surface area contributed by atoms with Crippen LogP contribution in [0, 0.1) is 0 Å². The molecule has 0 radical (unpaired) electrons. The summed E-state index contributed by atoms with van der Waals surface area (Å²) in [6, 6.07) is 11.6. The summed E-state index contributed by atoms with van der Waals surface area (Å²) < 4.78 is 16.9. The van der Waals surface area contributed by atoms with Gasteiger partial charge in [0.1, 0.15) is 24.7 Å². The SMILES string of the molecule is CCCCN1C(=O)C(=O)/C(=C(\O)c2ccc3c(c2)OCCO3)C1c1ccc(OC(C)C)cc1. The van der Waals surface area contributed by atoms with Crippen LogP contribution in [0.1, 0.15) is 50.8 Å². The number of carbonyl (C=O) groups excluding carboxylic acids is 2. The van der Waals surface area contributed by atoms with E-state index in [1.54, 1.807) is 23.1 Å². The average molecular weight is 452 g/mol. The van der Waals surface area contributed by atoms with Crippen molar-refractivity contribution in [2.75, 3.05) is 19.8 Å². The van der Waals surface area contributed by atoms with Gasteiger partial charge in [0.25, 0.3) is 11.7 Å². The van der Waals surface area contributed by atoms with Gasteiger partial charge < -0.3 is 24.2 Å². The van der Waals surface area contributed by atoms with Crippen LogP contribution in [0.2, 0.25) is 0 Å². The number of aliphatic hydroxyl groups excluding tert-OH is 1. The van der Waals surface area contributed by atoms with Gasteiger partial charge in [-0.25, -0.2) is 0 Å². The van der Waals surface area contributed by atoms with Crippen molar-refractivity contribution >= 4 is 17.4 Å². The maximum Gasteiger partial charge on any atom is 0.295 e. The number of unbranched alkanes of at least 4 members (excludes halogenated alkanes) is 1. The second-order valence-corrected chi connectivity index (χ2v) is 8.44. The van der Waals surface area contributed by atoms with E-state index in [9.17, 15) is 14.7 Å². The number of hydrogen-bond acceptors (Lipinski definition) is 6. The molecule has 1 atom stereocenters. The summed E-state index contributed by atoms with van der Waals surface area (Å²) in [6.07, 6.45) is 1.66. The van der Waals surface area contributed by atoms with E-state index in [0.717, 1.165) is 18.4 Å². The third-order valence-electron chi connectivity index (χ3n) is 5.68. The van der Waals surface area contributed by atoms with Crippen LogP contribution >= 0.6 is 0 Å². The second-order valence-electron chi connectivity index (χ2n) is 8.44. The van der Waals surface area contributed by atoms with E-state index in [1.807, 2.05) is 45.0 Å². The Kier molecular flexibility index (Phi) is 6.58. The van der Waals surface area contributed by atoms with Crippen molar-refractivity contribution in [3.8, 4) is 17.2 Å². The maximum atomic E-state index is 13.1. The molecule has 7 nitrogen and oxygen atoms in total. The van der Waals surface area contributed by atoms with Crippen molar-refractivity contribution < 1.29 is 28.9 Å². The van der Waals surface area contributed by atoms with Gasteiger partial charge in [-0.3, -0.25) is 9.59 Å². The average Bonchev–Trinajstić information content (AvgIpc) is 3.07. The van der Waals surface area contributed by atoms with Gasteiger partial charge in [-0.2, -0.15) is 0 Å². The molecule has 1 unspecified atom stereocenters. The lowest BCUT2D eigenvalue weighted by atomic mass is 9.95. The first-order valence-corrected chi connectivity index (χ1v) is 11.4. The number of likely N-dealkylation sites (tertiary alicyclic amines) is 1. The molecule has 0 saturated carbocycles. The summed E-state index contributed by atoms with van der Waals surface area (Å²) in [6.45, 7) is 7.20. The lowest BCUT2D eigenvalue weighted by Crippen LogP contribution is -2.30. The largest absolute Gasteiger partial charge is 0.507 e. The zero-order valence-electron chi connectivity index (χ0n) is 19.2. The number of fused-ring (bicyclic) bond motifs is 1. The number of hydrogen-bond donors (Lipinski definition) is 1. The summed E-state index contributed by atoms with van der Waals surface area (Å²) in [5.74, 6) is 0.264. The first-order chi connectivity index (χ1) is 15.9. The highest BCUT2D eigenvalue weighted by molar-refractivity contribution is 6.46. The van der Waals surface area contributed by atoms with Gasteiger partial charge in [0.2, 0.25) is 0 Å². The summed E-state index contributed by atoms with van der Waals surface area (Å²) in [7, 11) is 0. The molecule has 33 heavy (non-hydrogen) atoms. The van der Waals surface area contributed by atoms with E-state index in [0.29, 0.717) is 42.6 Å². The molecule has 174 valence electrons. The Morgan fingerprint density at radius 2 is 1.79 bits per heavy atom. The van der Waals surface area contributed by atoms with Gasteiger partial charge in [-0.15, -0.1) is 0 Å². The topological polar surface area (TPSA) is 85.3 Å². The number of amides is 1. The highest BCUT2D eigenvalue weighted by atomic mass is 16.6. The Bertz CT molecular complexity index is 1070. The molecule has 4 rings (SSSR count).